The number of carbonyl (C=O) groups is 2. The molecule has 0 aliphatic carbocycles. The molecule has 0 bridgehead atoms. The van der Waals surface area contributed by atoms with Gasteiger partial charge in [-0.1, -0.05) is 6.07 Å². The van der Waals surface area contributed by atoms with Crippen molar-refractivity contribution in [2.75, 3.05) is 7.05 Å². The maximum Gasteiger partial charge on any atom is 0.308 e. The molecular weight excluding hydrogens is 268 g/mol. The van der Waals surface area contributed by atoms with Gasteiger partial charge in [-0.2, -0.15) is 0 Å². The van der Waals surface area contributed by atoms with Crippen molar-refractivity contribution in [3.8, 4) is 0 Å². The quantitative estimate of drug-likeness (QED) is 0.906. The highest BCUT2D eigenvalue weighted by atomic mass is 19.1. The first kappa shape index (κ1) is 14.4. The van der Waals surface area contributed by atoms with Gasteiger partial charge in [0.2, 0.25) is 5.91 Å². The summed E-state index contributed by atoms with van der Waals surface area (Å²) in [6, 6.07) is 2.07. The monoisotopic (exact) mass is 283 g/mol. The fourth-order valence-corrected chi connectivity index (χ4v) is 2.66. The van der Waals surface area contributed by atoms with Gasteiger partial charge >= 0.3 is 5.97 Å². The highest BCUT2D eigenvalue weighted by Gasteiger charge is 2.38. The van der Waals surface area contributed by atoms with E-state index in [1.807, 2.05) is 0 Å². The SMILES string of the molecule is CN1C(=O)CCCC(C(=O)O)C1c1ccc(F)cc1F. The standard InChI is InChI=1S/C14H15F2NO3/c1-17-12(18)4-2-3-10(14(19)20)13(17)9-6-5-8(15)7-11(9)16/h5-7,10,13H,2-4H2,1H3,(H,19,20). The van der Waals surface area contributed by atoms with Gasteiger partial charge < -0.3 is 10.0 Å². The smallest absolute Gasteiger partial charge is 0.308 e. The van der Waals surface area contributed by atoms with E-state index in [1.165, 1.54) is 18.0 Å². The predicted molar refractivity (Wildman–Crippen MR) is 66.8 cm³/mol. The summed E-state index contributed by atoms with van der Waals surface area (Å²) in [5.41, 5.74) is 0.0385. The molecule has 1 saturated heterocycles. The van der Waals surface area contributed by atoms with Crippen molar-refractivity contribution in [1.82, 2.24) is 4.90 Å². The number of hydrogen-bond acceptors (Lipinski definition) is 2. The molecule has 2 unspecified atom stereocenters. The molecule has 1 fully saturated rings. The molecule has 0 aromatic heterocycles. The van der Waals surface area contributed by atoms with Gasteiger partial charge in [0.15, 0.2) is 0 Å². The Labute approximate surface area is 115 Å². The normalized spacial score (nSPS) is 23.6. The molecule has 1 aliphatic rings. The van der Waals surface area contributed by atoms with Crippen LogP contribution in [0.5, 0.6) is 0 Å². The molecule has 108 valence electrons. The van der Waals surface area contributed by atoms with Crippen molar-refractivity contribution in [1.29, 1.82) is 0 Å². The lowest BCUT2D eigenvalue weighted by atomic mass is 9.89. The molecule has 2 rings (SSSR count). The van der Waals surface area contributed by atoms with E-state index in [9.17, 15) is 23.5 Å². The second kappa shape index (κ2) is 5.56. The molecule has 20 heavy (non-hydrogen) atoms. The summed E-state index contributed by atoms with van der Waals surface area (Å²) in [7, 11) is 1.46. The Morgan fingerprint density at radius 1 is 1.40 bits per heavy atom. The van der Waals surface area contributed by atoms with Crippen LogP contribution in [0.3, 0.4) is 0 Å². The molecule has 1 N–H and O–H groups in total. The van der Waals surface area contributed by atoms with Crippen molar-refractivity contribution in [3.05, 3.63) is 35.4 Å². The fraction of sp³-hybridized carbons (Fsp3) is 0.429. The average molecular weight is 283 g/mol. The number of amides is 1. The van der Waals surface area contributed by atoms with Gasteiger partial charge in [0.05, 0.1) is 12.0 Å². The van der Waals surface area contributed by atoms with E-state index >= 15 is 0 Å². The van der Waals surface area contributed by atoms with Gasteiger partial charge in [-0.05, 0) is 18.9 Å². The predicted octanol–water partition coefficient (Wildman–Crippen LogP) is 2.35. The number of halogens is 2. The number of aliphatic carboxylic acids is 1. The second-order valence-electron chi connectivity index (χ2n) is 4.95. The Morgan fingerprint density at radius 3 is 2.70 bits per heavy atom. The van der Waals surface area contributed by atoms with Gasteiger partial charge in [-0.25, -0.2) is 8.78 Å². The van der Waals surface area contributed by atoms with E-state index in [2.05, 4.69) is 0 Å². The molecule has 4 nitrogen and oxygen atoms in total. The van der Waals surface area contributed by atoms with Gasteiger partial charge in [0.1, 0.15) is 11.6 Å². The van der Waals surface area contributed by atoms with Crippen molar-refractivity contribution in [2.24, 2.45) is 5.92 Å². The summed E-state index contributed by atoms with van der Waals surface area (Å²) in [4.78, 5) is 24.5. The van der Waals surface area contributed by atoms with Gasteiger partial charge in [0.25, 0.3) is 0 Å². The van der Waals surface area contributed by atoms with E-state index in [1.54, 1.807) is 0 Å². The van der Waals surface area contributed by atoms with Gasteiger partial charge in [0, 0.05) is 25.1 Å². The Bertz CT molecular complexity index is 547. The Kier molecular flexibility index (Phi) is 4.01. The lowest BCUT2D eigenvalue weighted by Gasteiger charge is -2.30. The molecule has 1 aliphatic heterocycles. The van der Waals surface area contributed by atoms with Crippen LogP contribution in [0.25, 0.3) is 0 Å². The average Bonchev–Trinajstić information content (AvgIpc) is 2.51. The van der Waals surface area contributed by atoms with Gasteiger partial charge in [-0.3, -0.25) is 9.59 Å². The number of rotatable bonds is 2. The van der Waals surface area contributed by atoms with E-state index < -0.39 is 29.6 Å². The van der Waals surface area contributed by atoms with Crippen molar-refractivity contribution in [2.45, 2.75) is 25.3 Å². The third-order valence-electron chi connectivity index (χ3n) is 3.70. The van der Waals surface area contributed by atoms with E-state index in [-0.39, 0.29) is 24.3 Å². The molecule has 2 atom stereocenters. The number of carboxylic acids is 1. The van der Waals surface area contributed by atoms with Gasteiger partial charge in [-0.15, -0.1) is 0 Å². The molecule has 1 heterocycles. The maximum atomic E-state index is 13.9. The van der Waals surface area contributed by atoms with Crippen LogP contribution in [0.15, 0.2) is 18.2 Å². The molecular formula is C14H15F2NO3. The topological polar surface area (TPSA) is 57.6 Å². The van der Waals surface area contributed by atoms with Crippen molar-refractivity contribution in [3.63, 3.8) is 0 Å². The fourth-order valence-electron chi connectivity index (χ4n) is 2.66. The third kappa shape index (κ3) is 2.64. The van der Waals surface area contributed by atoms with Crippen LogP contribution in [0.4, 0.5) is 8.78 Å². The van der Waals surface area contributed by atoms with Crippen LogP contribution in [-0.2, 0) is 9.59 Å². The summed E-state index contributed by atoms with van der Waals surface area (Å²) in [6.07, 6.45) is 0.964. The summed E-state index contributed by atoms with van der Waals surface area (Å²) in [6.45, 7) is 0. The zero-order valence-electron chi connectivity index (χ0n) is 11.0. The lowest BCUT2D eigenvalue weighted by Crippen LogP contribution is -2.36. The van der Waals surface area contributed by atoms with Crippen LogP contribution < -0.4 is 0 Å². The zero-order valence-corrected chi connectivity index (χ0v) is 11.0. The third-order valence-corrected chi connectivity index (χ3v) is 3.70. The minimum atomic E-state index is -1.08. The van der Waals surface area contributed by atoms with E-state index in [4.69, 9.17) is 0 Å². The summed E-state index contributed by atoms with van der Waals surface area (Å²) < 4.78 is 26.9. The Morgan fingerprint density at radius 2 is 2.10 bits per heavy atom. The van der Waals surface area contributed by atoms with E-state index in [0.717, 1.165) is 6.07 Å². The summed E-state index contributed by atoms with van der Waals surface area (Å²) in [5.74, 6) is -3.78. The van der Waals surface area contributed by atoms with Crippen LogP contribution in [0.1, 0.15) is 30.9 Å². The molecule has 6 heteroatoms. The molecule has 0 saturated carbocycles. The van der Waals surface area contributed by atoms with E-state index in [0.29, 0.717) is 12.5 Å². The second-order valence-corrected chi connectivity index (χ2v) is 4.95. The molecule has 1 amide bonds. The largest absolute Gasteiger partial charge is 0.481 e. The first-order valence-electron chi connectivity index (χ1n) is 6.35. The molecule has 1 aromatic carbocycles. The molecule has 1 aromatic rings. The molecule has 0 radical (unpaired) electrons. The number of hydrogen-bond donors (Lipinski definition) is 1. The first-order chi connectivity index (χ1) is 9.41. The summed E-state index contributed by atoms with van der Waals surface area (Å²) in [5, 5.41) is 9.31. The Balaban J connectivity index is 2.50. The number of nitrogens with zero attached hydrogens (tertiary/aromatic N) is 1. The Hall–Kier alpha value is -1.98. The van der Waals surface area contributed by atoms with Crippen LogP contribution >= 0.6 is 0 Å². The van der Waals surface area contributed by atoms with Crippen LogP contribution in [0, 0.1) is 17.6 Å². The summed E-state index contributed by atoms with van der Waals surface area (Å²) >= 11 is 0. The zero-order chi connectivity index (χ0) is 14.9. The highest BCUT2D eigenvalue weighted by molar-refractivity contribution is 5.79. The minimum Gasteiger partial charge on any atom is -0.481 e. The minimum absolute atomic E-state index is 0.0385. The van der Waals surface area contributed by atoms with Crippen molar-refractivity contribution < 1.29 is 23.5 Å². The maximum absolute atomic E-state index is 13.9. The number of carboxylic acid groups (broad SMARTS) is 1. The lowest BCUT2D eigenvalue weighted by molar-refractivity contribution is -0.145. The number of likely N-dealkylation sites (tertiary alicyclic amines) is 1. The number of carbonyl (C=O) groups excluding carboxylic acids is 1. The van der Waals surface area contributed by atoms with Crippen LogP contribution in [0.2, 0.25) is 0 Å². The molecule has 0 spiro atoms. The first-order valence-corrected chi connectivity index (χ1v) is 6.35. The highest BCUT2D eigenvalue weighted by Crippen LogP contribution is 2.36. The number of benzene rings is 1. The van der Waals surface area contributed by atoms with Crippen molar-refractivity contribution >= 4 is 11.9 Å². The van der Waals surface area contributed by atoms with Crippen LogP contribution in [-0.4, -0.2) is 28.9 Å².